The van der Waals surface area contributed by atoms with E-state index in [1.165, 1.54) is 4.88 Å². The molecule has 0 amide bonds. The average Bonchev–Trinajstić information content (AvgIpc) is 3.28. The molecule has 0 saturated heterocycles. The van der Waals surface area contributed by atoms with Crippen molar-refractivity contribution in [2.75, 3.05) is 20.3 Å². The highest BCUT2D eigenvalue weighted by molar-refractivity contribution is 7.18. The highest BCUT2D eigenvalue weighted by Gasteiger charge is 2.22. The molecule has 1 N–H and O–H groups in total. The highest BCUT2D eigenvalue weighted by Crippen LogP contribution is 2.41. The first kappa shape index (κ1) is 17.6. The molecule has 0 saturated carbocycles. The van der Waals surface area contributed by atoms with Crippen LogP contribution in [0.2, 0.25) is 0 Å². The molecule has 1 aromatic carbocycles. The Morgan fingerprint density at radius 3 is 3.04 bits per heavy atom. The third-order valence-electron chi connectivity index (χ3n) is 4.94. The van der Waals surface area contributed by atoms with E-state index in [4.69, 9.17) is 25.8 Å². The van der Waals surface area contributed by atoms with Crippen molar-refractivity contribution in [3.63, 3.8) is 0 Å². The molecule has 2 aromatic heterocycles. The van der Waals surface area contributed by atoms with E-state index in [9.17, 15) is 4.79 Å². The van der Waals surface area contributed by atoms with Crippen molar-refractivity contribution in [1.29, 1.82) is 0 Å². The molecule has 3 heterocycles. The van der Waals surface area contributed by atoms with Gasteiger partial charge >= 0.3 is 0 Å². The predicted octanol–water partition coefficient (Wildman–Crippen LogP) is 3.99. The van der Waals surface area contributed by atoms with E-state index < -0.39 is 0 Å². The van der Waals surface area contributed by atoms with Crippen molar-refractivity contribution in [2.24, 2.45) is 0 Å². The quantitative estimate of drug-likeness (QED) is 0.698. The van der Waals surface area contributed by atoms with E-state index in [1.54, 1.807) is 24.5 Å². The first-order valence-electron chi connectivity index (χ1n) is 9.04. The molecule has 144 valence electrons. The van der Waals surface area contributed by atoms with Crippen LogP contribution in [-0.4, -0.2) is 30.3 Å². The minimum absolute atomic E-state index is 0.134. The minimum atomic E-state index is -0.134. The number of hydrogen-bond donors (Lipinski definition) is 1. The van der Waals surface area contributed by atoms with Gasteiger partial charge in [0.15, 0.2) is 17.3 Å². The van der Waals surface area contributed by atoms with Gasteiger partial charge < -0.3 is 19.2 Å². The molecule has 0 radical (unpaired) electrons. The molecule has 8 heteroatoms. The van der Waals surface area contributed by atoms with Crippen LogP contribution in [0.4, 0.5) is 0 Å². The van der Waals surface area contributed by atoms with Crippen molar-refractivity contribution in [2.45, 2.75) is 19.3 Å². The lowest BCUT2D eigenvalue weighted by molar-refractivity contribution is 0.165. The fraction of sp³-hybridized carbons (Fsp3) is 0.300. The molecule has 1 aliphatic carbocycles. The fourth-order valence-corrected chi connectivity index (χ4v) is 5.18. The van der Waals surface area contributed by atoms with Gasteiger partial charge in [0.05, 0.1) is 17.5 Å². The number of aryl methyl sites for hydroxylation is 2. The van der Waals surface area contributed by atoms with Crippen LogP contribution >= 0.6 is 22.9 Å². The molecular weight excluding hydrogens is 400 g/mol. The maximum absolute atomic E-state index is 12.6. The molecule has 28 heavy (non-hydrogen) atoms. The van der Waals surface area contributed by atoms with Crippen LogP contribution in [0.25, 0.3) is 21.3 Å². The van der Waals surface area contributed by atoms with Gasteiger partial charge in [-0.1, -0.05) is 11.6 Å². The van der Waals surface area contributed by atoms with E-state index in [0.29, 0.717) is 46.7 Å². The molecule has 0 fully saturated rings. The average molecular weight is 417 g/mol. The van der Waals surface area contributed by atoms with E-state index in [-0.39, 0.29) is 5.56 Å². The van der Waals surface area contributed by atoms with Gasteiger partial charge in [0.25, 0.3) is 5.56 Å². The van der Waals surface area contributed by atoms with Gasteiger partial charge in [0, 0.05) is 4.88 Å². The number of hydrogen-bond acceptors (Lipinski definition) is 6. The Morgan fingerprint density at radius 2 is 2.18 bits per heavy atom. The summed E-state index contributed by atoms with van der Waals surface area (Å²) in [4.78, 5) is 22.1. The zero-order valence-corrected chi connectivity index (χ0v) is 16.7. The number of fused-ring (bicyclic) bond motifs is 4. The topological polar surface area (TPSA) is 73.4 Å². The zero-order chi connectivity index (χ0) is 19.3. The predicted molar refractivity (Wildman–Crippen MR) is 110 cm³/mol. The van der Waals surface area contributed by atoms with Crippen molar-refractivity contribution in [1.82, 2.24) is 9.97 Å². The Labute approximate surface area is 169 Å². The smallest absolute Gasteiger partial charge is 0.260 e. The summed E-state index contributed by atoms with van der Waals surface area (Å²) in [6, 6.07) is 3.64. The van der Waals surface area contributed by atoms with Crippen molar-refractivity contribution in [3.8, 4) is 17.2 Å². The summed E-state index contributed by atoms with van der Waals surface area (Å²) < 4.78 is 16.7. The molecule has 6 nitrogen and oxygen atoms in total. The minimum Gasteiger partial charge on any atom is -0.493 e. The molecule has 2 aliphatic rings. The highest BCUT2D eigenvalue weighted by atomic mass is 35.5. The van der Waals surface area contributed by atoms with Crippen LogP contribution in [0.15, 0.2) is 16.9 Å². The van der Waals surface area contributed by atoms with Gasteiger partial charge in [0.1, 0.15) is 18.0 Å². The van der Waals surface area contributed by atoms with Gasteiger partial charge in [-0.15, -0.1) is 11.3 Å². The monoisotopic (exact) mass is 416 g/mol. The van der Waals surface area contributed by atoms with Crippen molar-refractivity contribution >= 4 is 44.3 Å². The number of nitrogens with one attached hydrogen (secondary N) is 1. The summed E-state index contributed by atoms with van der Waals surface area (Å²) in [7, 11) is 1.58. The molecule has 0 bridgehead atoms. The van der Waals surface area contributed by atoms with Gasteiger partial charge in [-0.2, -0.15) is 0 Å². The Hall–Kier alpha value is -2.51. The Morgan fingerprint density at radius 1 is 1.32 bits per heavy atom. The third-order valence-corrected chi connectivity index (χ3v) is 6.42. The first-order valence-corrected chi connectivity index (χ1v) is 10.2. The fourth-order valence-electron chi connectivity index (χ4n) is 3.71. The third kappa shape index (κ3) is 2.86. The van der Waals surface area contributed by atoms with Crippen LogP contribution in [-0.2, 0) is 12.8 Å². The number of thiophene rings is 1. The summed E-state index contributed by atoms with van der Waals surface area (Å²) in [5, 5.41) is 1.05. The number of aromatic nitrogens is 2. The summed E-state index contributed by atoms with van der Waals surface area (Å²) in [5.74, 6) is 2.11. The van der Waals surface area contributed by atoms with Crippen LogP contribution in [0, 0.1) is 0 Å². The standard InChI is InChI=1S/C20H17ClN2O4S/c1-25-13-8-10(9-14-17(13)27-6-5-26-14)7-12(21)18-22-19(24)16-11-3-2-4-15(11)28-20(16)23-18/h7-9H,2-6H2,1H3,(H,22,23,24)/b12-7-. The Balaban J connectivity index is 1.57. The normalized spacial score (nSPS) is 15.7. The number of benzene rings is 1. The summed E-state index contributed by atoms with van der Waals surface area (Å²) >= 11 is 8.10. The van der Waals surface area contributed by atoms with Crippen LogP contribution in [0.1, 0.15) is 28.2 Å². The second-order valence-electron chi connectivity index (χ2n) is 6.69. The Kier molecular flexibility index (Phi) is 4.29. The van der Waals surface area contributed by atoms with Crippen molar-refractivity contribution in [3.05, 3.63) is 44.3 Å². The maximum atomic E-state index is 12.6. The number of rotatable bonds is 3. The van der Waals surface area contributed by atoms with Gasteiger partial charge in [-0.3, -0.25) is 4.79 Å². The summed E-state index contributed by atoms with van der Waals surface area (Å²) in [6.45, 7) is 0.959. The van der Waals surface area contributed by atoms with Gasteiger partial charge in [-0.25, -0.2) is 4.98 Å². The van der Waals surface area contributed by atoms with Gasteiger partial charge in [-0.05, 0) is 48.6 Å². The van der Waals surface area contributed by atoms with E-state index in [2.05, 4.69) is 9.97 Å². The molecule has 1 aliphatic heterocycles. The van der Waals surface area contributed by atoms with Gasteiger partial charge in [0.2, 0.25) is 5.75 Å². The summed E-state index contributed by atoms with van der Waals surface area (Å²) in [6.07, 6.45) is 4.80. The molecular formula is C20H17ClN2O4S. The number of ether oxygens (including phenoxy) is 3. The molecule has 0 atom stereocenters. The van der Waals surface area contributed by atoms with E-state index >= 15 is 0 Å². The molecule has 3 aromatic rings. The lowest BCUT2D eigenvalue weighted by Gasteiger charge is -2.21. The first-order chi connectivity index (χ1) is 13.6. The maximum Gasteiger partial charge on any atom is 0.260 e. The zero-order valence-electron chi connectivity index (χ0n) is 15.1. The lowest BCUT2D eigenvalue weighted by Crippen LogP contribution is -2.16. The number of methoxy groups -OCH3 is 1. The lowest BCUT2D eigenvalue weighted by atomic mass is 10.1. The van der Waals surface area contributed by atoms with Crippen LogP contribution in [0.5, 0.6) is 17.2 Å². The molecule has 5 rings (SSSR count). The number of nitrogens with zero attached hydrogens (tertiary/aromatic N) is 1. The Bertz CT molecular complexity index is 1160. The van der Waals surface area contributed by atoms with Crippen molar-refractivity contribution < 1.29 is 14.2 Å². The largest absolute Gasteiger partial charge is 0.493 e. The summed E-state index contributed by atoms with van der Waals surface area (Å²) in [5.41, 5.74) is 1.78. The second-order valence-corrected chi connectivity index (χ2v) is 8.18. The van der Waals surface area contributed by atoms with E-state index in [0.717, 1.165) is 35.2 Å². The molecule has 0 unspecified atom stereocenters. The van der Waals surface area contributed by atoms with Crippen LogP contribution < -0.4 is 19.8 Å². The number of aromatic amines is 1. The number of halogens is 1. The SMILES string of the molecule is COc1cc(/C=C(\Cl)c2nc3sc4c(c3c(=O)[nH]2)CCC4)cc2c1OCCO2. The molecule has 0 spiro atoms. The second kappa shape index (κ2) is 6.83. The van der Waals surface area contributed by atoms with E-state index in [1.807, 2.05) is 12.1 Å². The number of H-pyrrole nitrogens is 1. The van der Waals surface area contributed by atoms with Crippen LogP contribution in [0.3, 0.4) is 0 Å².